The van der Waals surface area contributed by atoms with Gasteiger partial charge in [-0.3, -0.25) is 9.97 Å². The maximum Gasteiger partial charge on any atom is 0.488 e. The Hall–Kier alpha value is -12.9. The van der Waals surface area contributed by atoms with Gasteiger partial charge in [0.05, 0.1) is 62.2 Å². The molecule has 0 aliphatic carbocycles. The number of hydrogen-bond donors (Lipinski definition) is 2. The molecule has 0 unspecified atom stereocenters. The van der Waals surface area contributed by atoms with Gasteiger partial charge in [0.25, 0.3) is 0 Å². The molecule has 0 spiro atoms. The average molecular weight is 1330 g/mol. The highest BCUT2D eigenvalue weighted by molar-refractivity contribution is 6.58. The van der Waals surface area contributed by atoms with Gasteiger partial charge < -0.3 is 19.2 Å². The molecule has 0 atom stereocenters. The maximum absolute atomic E-state index is 9.52. The number of benzene rings is 16. The van der Waals surface area contributed by atoms with Gasteiger partial charge in [-0.1, -0.05) is 279 Å². The molecule has 102 heavy (non-hydrogen) atoms. The van der Waals surface area contributed by atoms with Gasteiger partial charge in [-0.2, -0.15) is 0 Å². The van der Waals surface area contributed by atoms with Gasteiger partial charge in [0.2, 0.25) is 0 Å². The summed E-state index contributed by atoms with van der Waals surface area (Å²) in [7, 11) is -1.48. The van der Waals surface area contributed by atoms with Gasteiger partial charge in [0.15, 0.2) is 0 Å². The Bertz CT molecular complexity index is 6330. The van der Waals surface area contributed by atoms with Gasteiger partial charge >= 0.3 is 7.12 Å². The Morgan fingerprint density at radius 1 is 0.245 bits per heavy atom. The molecule has 4 heterocycles. The zero-order chi connectivity index (χ0) is 68.2. The van der Waals surface area contributed by atoms with Crippen LogP contribution >= 0.6 is 11.6 Å². The molecule has 16 aromatic carbocycles. The molecule has 0 aliphatic rings. The second kappa shape index (κ2) is 26.1. The Balaban J connectivity index is 0.000000121. The number of halogens is 1. The molecule has 0 radical (unpaired) electrons. The van der Waals surface area contributed by atoms with E-state index in [1.807, 2.05) is 54.7 Å². The lowest BCUT2D eigenvalue weighted by Gasteiger charge is -2.12. The summed E-state index contributed by atoms with van der Waals surface area (Å²) < 4.78 is 4.62. The SMILES string of the molecule is Clc1cnc2c3ccccc3c3ccccc3c2n1.OB(O)c1ccc(-n2c3ccc(-c4ccccc4)cc3c3cc(-c4ccccc4)ccc32)cc1.c1ccc(-c2ccc3c(c2)c2cc(-c4ccccc4)ccc2n3-c2ccc(-c3cnc4c5ccccc5c5ccccc5c4n3)cc2)cc1. The average Bonchev–Trinajstić information content (AvgIpc) is 0.998. The first-order chi connectivity index (χ1) is 50.3. The predicted molar refractivity (Wildman–Crippen MR) is 426 cm³/mol. The molecule has 0 bridgehead atoms. The smallest absolute Gasteiger partial charge is 0.423 e. The van der Waals surface area contributed by atoms with E-state index in [1.165, 1.54) is 98.6 Å². The summed E-state index contributed by atoms with van der Waals surface area (Å²) in [5.41, 5.74) is 22.2. The van der Waals surface area contributed by atoms with Crippen LogP contribution in [0.2, 0.25) is 5.15 Å². The van der Waals surface area contributed by atoms with Crippen LogP contribution in [0.3, 0.4) is 0 Å². The molecular formula is C92H60BClN6O2. The van der Waals surface area contributed by atoms with Gasteiger partial charge in [-0.05, 0) is 144 Å². The first kappa shape index (κ1) is 61.4. The van der Waals surface area contributed by atoms with Crippen molar-refractivity contribution in [3.8, 4) is 67.1 Å². The van der Waals surface area contributed by atoms with Crippen LogP contribution in [0.5, 0.6) is 0 Å². The molecule has 0 amide bonds. The monoisotopic (exact) mass is 1330 g/mol. The quantitative estimate of drug-likeness (QED) is 0.116. The molecular weight excluding hydrogens is 1270 g/mol. The minimum absolute atomic E-state index is 0.424. The fraction of sp³-hybridized carbons (Fsp3) is 0. The minimum atomic E-state index is -1.48. The van der Waals surface area contributed by atoms with Crippen LogP contribution in [0.15, 0.2) is 352 Å². The number of hydrogen-bond acceptors (Lipinski definition) is 6. The van der Waals surface area contributed by atoms with Gasteiger partial charge in [0, 0.05) is 60.0 Å². The molecule has 20 rings (SSSR count). The van der Waals surface area contributed by atoms with Crippen molar-refractivity contribution in [2.45, 2.75) is 0 Å². The third-order valence-corrected chi connectivity index (χ3v) is 19.8. The van der Waals surface area contributed by atoms with Crippen LogP contribution in [0, 0.1) is 0 Å². The van der Waals surface area contributed by atoms with E-state index in [9.17, 15) is 10.0 Å². The molecule has 480 valence electrons. The van der Waals surface area contributed by atoms with Crippen molar-refractivity contribution in [2.24, 2.45) is 0 Å². The lowest BCUT2D eigenvalue weighted by Crippen LogP contribution is -2.29. The van der Waals surface area contributed by atoms with E-state index in [-0.39, 0.29) is 0 Å². The normalized spacial score (nSPS) is 11.5. The Kier molecular flexibility index (Phi) is 15.7. The van der Waals surface area contributed by atoms with Crippen LogP contribution in [-0.2, 0) is 0 Å². The second-order valence-corrected chi connectivity index (χ2v) is 26.0. The highest BCUT2D eigenvalue weighted by Gasteiger charge is 2.20. The van der Waals surface area contributed by atoms with Crippen molar-refractivity contribution >= 4 is 133 Å². The van der Waals surface area contributed by atoms with Crippen molar-refractivity contribution < 1.29 is 10.0 Å². The van der Waals surface area contributed by atoms with Crippen LogP contribution in [0.4, 0.5) is 0 Å². The highest BCUT2D eigenvalue weighted by Crippen LogP contribution is 2.41. The molecule has 10 heteroatoms. The second-order valence-electron chi connectivity index (χ2n) is 25.6. The van der Waals surface area contributed by atoms with E-state index in [1.54, 1.807) is 18.3 Å². The zero-order valence-electron chi connectivity index (χ0n) is 55.0. The van der Waals surface area contributed by atoms with E-state index >= 15 is 0 Å². The van der Waals surface area contributed by atoms with Crippen LogP contribution in [0.1, 0.15) is 0 Å². The molecule has 0 saturated carbocycles. The van der Waals surface area contributed by atoms with Crippen LogP contribution in [0.25, 0.3) is 176 Å². The third kappa shape index (κ3) is 11.1. The van der Waals surface area contributed by atoms with Crippen LogP contribution in [-0.4, -0.2) is 46.2 Å². The van der Waals surface area contributed by atoms with Crippen LogP contribution < -0.4 is 5.46 Å². The molecule has 4 aromatic heterocycles. The van der Waals surface area contributed by atoms with E-state index in [4.69, 9.17) is 21.6 Å². The summed E-state index contributed by atoms with van der Waals surface area (Å²) in [6, 6.07) is 119. The summed E-state index contributed by atoms with van der Waals surface area (Å²) in [4.78, 5) is 19.1. The standard InChI is InChI=1S/C46H29N3.C30H22BNO2.C16H9ClN2/c1-3-11-30(12-4-1)33-21-25-43-40(27-33)41-28-34(31-13-5-2-6-14-31)22-26-44(41)49(43)35-23-19-32(20-24-35)42-29-47-45-38-17-9-7-15-36(38)37-16-8-10-18-39(37)46(45)48-42;33-31(34)25-13-15-26(16-14-25)32-29-17-11-23(21-7-3-1-4-8-21)19-27(29)28-20-24(12-18-30(28)32)22-9-5-2-6-10-22;17-14-9-18-15-12-7-3-1-5-10(12)11-6-2-4-8-13(11)16(15)19-14/h1-29H;1-20,33-34H;1-9H. The minimum Gasteiger partial charge on any atom is -0.423 e. The van der Waals surface area contributed by atoms with Crippen molar-refractivity contribution in [1.82, 2.24) is 29.1 Å². The molecule has 0 aliphatic heterocycles. The van der Waals surface area contributed by atoms with E-state index in [0.717, 1.165) is 77.3 Å². The Labute approximate surface area is 592 Å². The molecule has 0 saturated heterocycles. The lowest BCUT2D eigenvalue weighted by atomic mass is 9.80. The van der Waals surface area contributed by atoms with Crippen molar-refractivity contribution in [1.29, 1.82) is 0 Å². The fourth-order valence-electron chi connectivity index (χ4n) is 14.8. The van der Waals surface area contributed by atoms with E-state index in [2.05, 4.69) is 298 Å². The summed E-state index contributed by atoms with van der Waals surface area (Å²) in [6.07, 6.45) is 3.51. The van der Waals surface area contributed by atoms with Gasteiger partial charge in [-0.15, -0.1) is 0 Å². The first-order valence-electron chi connectivity index (χ1n) is 34.1. The topological polar surface area (TPSA) is 102 Å². The van der Waals surface area contributed by atoms with Crippen molar-refractivity contribution in [3.05, 3.63) is 357 Å². The summed E-state index contributed by atoms with van der Waals surface area (Å²) >= 11 is 6.00. The highest BCUT2D eigenvalue weighted by atomic mass is 35.5. The number of fused-ring (bicyclic) bond motifs is 18. The lowest BCUT2D eigenvalue weighted by molar-refractivity contribution is 0.426. The zero-order valence-corrected chi connectivity index (χ0v) is 55.8. The molecule has 0 fully saturated rings. The summed E-state index contributed by atoms with van der Waals surface area (Å²) in [5, 5.41) is 33.5. The molecule has 20 aromatic rings. The van der Waals surface area contributed by atoms with E-state index < -0.39 is 7.12 Å². The molecule has 2 N–H and O–H groups in total. The first-order valence-corrected chi connectivity index (χ1v) is 34.4. The fourth-order valence-corrected chi connectivity index (χ4v) is 14.9. The van der Waals surface area contributed by atoms with E-state index in [0.29, 0.717) is 10.6 Å². The third-order valence-electron chi connectivity index (χ3n) is 19.7. The summed E-state index contributed by atoms with van der Waals surface area (Å²) in [6.45, 7) is 0. The van der Waals surface area contributed by atoms with Gasteiger partial charge in [0.1, 0.15) is 5.15 Å². The Morgan fingerprint density at radius 2 is 0.529 bits per heavy atom. The number of rotatable bonds is 8. The largest absolute Gasteiger partial charge is 0.488 e. The Morgan fingerprint density at radius 3 is 0.873 bits per heavy atom. The number of nitrogens with zero attached hydrogens (tertiary/aromatic N) is 6. The van der Waals surface area contributed by atoms with Gasteiger partial charge in [-0.25, -0.2) is 9.97 Å². The number of aromatic nitrogens is 6. The maximum atomic E-state index is 9.52. The predicted octanol–water partition coefficient (Wildman–Crippen LogP) is 22.4. The summed E-state index contributed by atoms with van der Waals surface area (Å²) in [5.74, 6) is 0. The molecule has 8 nitrogen and oxygen atoms in total. The van der Waals surface area contributed by atoms with Crippen molar-refractivity contribution in [3.63, 3.8) is 0 Å². The van der Waals surface area contributed by atoms with Crippen molar-refractivity contribution in [2.75, 3.05) is 0 Å².